The molecule has 0 spiro atoms. The van der Waals surface area contributed by atoms with Gasteiger partial charge in [0, 0.05) is 12.1 Å². The van der Waals surface area contributed by atoms with Crippen molar-refractivity contribution >= 4 is 29.1 Å². The summed E-state index contributed by atoms with van der Waals surface area (Å²) in [6.07, 6.45) is 1.56. The Hall–Kier alpha value is -4.97. The lowest BCUT2D eigenvalue weighted by Crippen LogP contribution is -2.39. The maximum absolute atomic E-state index is 13.8. The Labute approximate surface area is 236 Å². The zero-order valence-corrected chi connectivity index (χ0v) is 23.0. The average Bonchev–Trinajstić information content (AvgIpc) is 3.67. The van der Waals surface area contributed by atoms with Crippen molar-refractivity contribution in [2.45, 2.75) is 26.8 Å². The van der Waals surface area contributed by atoms with E-state index in [-0.39, 0.29) is 30.2 Å². The molecule has 0 N–H and O–H groups in total. The number of carbonyl (C=O) groups excluding carboxylic acids is 1. The van der Waals surface area contributed by atoms with Gasteiger partial charge < -0.3 is 18.6 Å². The fourth-order valence-corrected chi connectivity index (χ4v) is 5.92. The van der Waals surface area contributed by atoms with Gasteiger partial charge in [-0.3, -0.25) is 19.5 Å². The molecular weight excluding hydrogens is 550 g/mol. The molecule has 208 valence electrons. The highest BCUT2D eigenvalue weighted by atomic mass is 32.1. The number of benzene rings is 2. The molecule has 0 amide bonds. The molecule has 0 aliphatic carbocycles. The van der Waals surface area contributed by atoms with Crippen LogP contribution in [0.15, 0.2) is 74.0 Å². The van der Waals surface area contributed by atoms with Gasteiger partial charge in [-0.2, -0.15) is 0 Å². The molecule has 0 unspecified atom stereocenters. The molecule has 0 fully saturated rings. The number of nitrogens with zero attached hydrogens (tertiary/aromatic N) is 3. The number of fused-ring (bicyclic) bond motifs is 2. The number of aromatic nitrogens is 1. The van der Waals surface area contributed by atoms with Crippen molar-refractivity contribution in [2.24, 2.45) is 4.99 Å². The highest BCUT2D eigenvalue weighted by Gasteiger charge is 2.34. The first kappa shape index (κ1) is 26.3. The average molecular weight is 574 g/mol. The molecule has 2 aromatic heterocycles. The van der Waals surface area contributed by atoms with E-state index < -0.39 is 16.9 Å². The van der Waals surface area contributed by atoms with Gasteiger partial charge >= 0.3 is 5.97 Å². The quantitative estimate of drug-likeness (QED) is 0.192. The highest BCUT2D eigenvalue weighted by Crippen LogP contribution is 2.38. The fourth-order valence-electron chi connectivity index (χ4n) is 4.90. The molecule has 0 radical (unpaired) electrons. The summed E-state index contributed by atoms with van der Waals surface area (Å²) in [7, 11) is 0. The number of furan rings is 1. The first-order valence-electron chi connectivity index (χ1n) is 12.7. The summed E-state index contributed by atoms with van der Waals surface area (Å²) in [5, 5.41) is 11.6. The van der Waals surface area contributed by atoms with Gasteiger partial charge in [-0.15, -0.1) is 0 Å². The highest BCUT2D eigenvalue weighted by molar-refractivity contribution is 7.07. The monoisotopic (exact) mass is 573 g/mol. The topological polar surface area (TPSA) is 135 Å². The number of allylic oxidation sites excluding steroid dienone is 1. The van der Waals surface area contributed by atoms with Crippen LogP contribution in [0.2, 0.25) is 0 Å². The third-order valence-corrected chi connectivity index (χ3v) is 7.73. The van der Waals surface area contributed by atoms with Gasteiger partial charge in [0.1, 0.15) is 11.5 Å². The molecule has 2 aliphatic heterocycles. The van der Waals surface area contributed by atoms with Crippen LogP contribution in [-0.2, 0) is 9.53 Å². The molecule has 2 aliphatic rings. The van der Waals surface area contributed by atoms with E-state index in [1.165, 1.54) is 10.6 Å². The van der Waals surface area contributed by atoms with Crippen molar-refractivity contribution in [1.82, 2.24) is 4.57 Å². The van der Waals surface area contributed by atoms with Gasteiger partial charge in [-0.1, -0.05) is 23.5 Å². The lowest BCUT2D eigenvalue weighted by molar-refractivity contribution is -0.384. The van der Waals surface area contributed by atoms with E-state index in [4.69, 9.17) is 18.6 Å². The second-order valence-corrected chi connectivity index (χ2v) is 10.4. The van der Waals surface area contributed by atoms with Crippen LogP contribution in [0.4, 0.5) is 5.69 Å². The van der Waals surface area contributed by atoms with Gasteiger partial charge in [0.25, 0.3) is 11.2 Å². The Morgan fingerprint density at radius 2 is 1.98 bits per heavy atom. The number of hydrogen-bond acceptors (Lipinski definition) is 10. The van der Waals surface area contributed by atoms with Crippen LogP contribution >= 0.6 is 11.3 Å². The van der Waals surface area contributed by atoms with Crippen LogP contribution in [0.3, 0.4) is 0 Å². The van der Waals surface area contributed by atoms with E-state index in [2.05, 4.69) is 4.99 Å². The Balaban J connectivity index is 1.47. The van der Waals surface area contributed by atoms with Crippen LogP contribution in [-0.4, -0.2) is 28.9 Å². The van der Waals surface area contributed by atoms with E-state index in [0.717, 1.165) is 16.9 Å². The maximum Gasteiger partial charge on any atom is 0.338 e. The van der Waals surface area contributed by atoms with E-state index in [9.17, 15) is 19.7 Å². The van der Waals surface area contributed by atoms with Crippen molar-refractivity contribution in [3.8, 4) is 22.8 Å². The van der Waals surface area contributed by atoms with Crippen molar-refractivity contribution in [1.29, 1.82) is 0 Å². The van der Waals surface area contributed by atoms with E-state index in [1.807, 2.05) is 0 Å². The summed E-state index contributed by atoms with van der Waals surface area (Å²) >= 11 is 1.14. The summed E-state index contributed by atoms with van der Waals surface area (Å²) in [6, 6.07) is 12.6. The first-order valence-corrected chi connectivity index (χ1v) is 13.5. The normalized spacial score (nSPS) is 16.0. The van der Waals surface area contributed by atoms with Crippen LogP contribution in [0, 0.1) is 17.0 Å². The largest absolute Gasteiger partial charge is 0.463 e. The Bertz CT molecular complexity index is 1950. The van der Waals surface area contributed by atoms with Crippen LogP contribution < -0.4 is 24.4 Å². The number of aryl methyl sites for hydroxylation is 1. The molecular formula is C29H23N3O8S. The molecule has 0 bridgehead atoms. The van der Waals surface area contributed by atoms with Crippen LogP contribution in [0.1, 0.15) is 36.8 Å². The van der Waals surface area contributed by atoms with Gasteiger partial charge in [0.05, 0.1) is 38.9 Å². The second-order valence-electron chi connectivity index (χ2n) is 9.39. The second kappa shape index (κ2) is 10.2. The molecule has 41 heavy (non-hydrogen) atoms. The number of thiazole rings is 1. The van der Waals surface area contributed by atoms with Crippen molar-refractivity contribution < 1.29 is 28.3 Å². The third-order valence-electron chi connectivity index (χ3n) is 6.74. The Morgan fingerprint density at radius 1 is 1.17 bits per heavy atom. The van der Waals surface area contributed by atoms with Gasteiger partial charge in [-0.05, 0) is 62.2 Å². The number of hydrogen-bond donors (Lipinski definition) is 0. The lowest BCUT2D eigenvalue weighted by atomic mass is 9.95. The van der Waals surface area contributed by atoms with Gasteiger partial charge in [0.15, 0.2) is 16.3 Å². The minimum absolute atomic E-state index is 0.0732. The third kappa shape index (κ3) is 4.61. The first-order chi connectivity index (χ1) is 19.7. The summed E-state index contributed by atoms with van der Waals surface area (Å²) in [5.41, 5.74) is 1.94. The standard InChI is InChI=1S/C29H23N3O8S/c1-4-37-28(34)25-16(3)30-29-31(26(25)17-6-9-22-23(12-17)39-14-38-22)27(33)24(41-29)13-18-7-10-21(40-18)19-8-5-15(2)11-20(19)32(35)36/h5-13,26H,4,14H2,1-3H3/b24-13-/t26-/m0/s1. The van der Waals surface area contributed by atoms with E-state index in [1.54, 1.807) is 69.3 Å². The molecule has 0 saturated heterocycles. The molecule has 0 saturated carbocycles. The summed E-state index contributed by atoms with van der Waals surface area (Å²) < 4.78 is 24.0. The summed E-state index contributed by atoms with van der Waals surface area (Å²) in [4.78, 5) is 43.1. The van der Waals surface area contributed by atoms with Crippen molar-refractivity contribution in [2.75, 3.05) is 13.4 Å². The summed E-state index contributed by atoms with van der Waals surface area (Å²) in [5.74, 6) is 1.15. The molecule has 12 heteroatoms. The van der Waals surface area contributed by atoms with Crippen molar-refractivity contribution in [3.05, 3.63) is 106 Å². The zero-order valence-electron chi connectivity index (χ0n) is 22.2. The molecule has 4 heterocycles. The minimum atomic E-state index is -0.815. The van der Waals surface area contributed by atoms with Crippen molar-refractivity contribution in [3.63, 3.8) is 0 Å². The Morgan fingerprint density at radius 3 is 2.76 bits per heavy atom. The molecule has 1 atom stereocenters. The predicted octanol–water partition coefficient (Wildman–Crippen LogP) is 4.00. The SMILES string of the molecule is CCOC(=O)C1=C(C)N=c2s/c(=C\c3ccc(-c4ccc(C)cc4[N+](=O)[O-])o3)c(=O)n2[C@H]1c1ccc2c(c1)OCO2. The fraction of sp³-hybridized carbons (Fsp3) is 0.207. The van der Waals surface area contributed by atoms with Gasteiger partial charge in [0.2, 0.25) is 6.79 Å². The molecule has 6 rings (SSSR count). The summed E-state index contributed by atoms with van der Waals surface area (Å²) in [6.45, 7) is 5.43. The smallest absolute Gasteiger partial charge is 0.338 e. The van der Waals surface area contributed by atoms with Crippen LogP contribution in [0.5, 0.6) is 11.5 Å². The Kier molecular flexibility index (Phi) is 6.54. The number of esters is 1. The number of nitro benzene ring substituents is 1. The molecule has 2 aromatic carbocycles. The predicted molar refractivity (Wildman–Crippen MR) is 148 cm³/mol. The molecule has 4 aromatic rings. The molecule has 11 nitrogen and oxygen atoms in total. The van der Waals surface area contributed by atoms with Crippen LogP contribution in [0.25, 0.3) is 17.4 Å². The number of nitro groups is 1. The minimum Gasteiger partial charge on any atom is -0.463 e. The van der Waals surface area contributed by atoms with E-state index >= 15 is 0 Å². The zero-order chi connectivity index (χ0) is 28.8. The van der Waals surface area contributed by atoms with Gasteiger partial charge in [-0.25, -0.2) is 9.79 Å². The van der Waals surface area contributed by atoms with E-state index in [0.29, 0.717) is 49.2 Å². The lowest BCUT2D eigenvalue weighted by Gasteiger charge is -2.24. The number of rotatable bonds is 6. The maximum atomic E-state index is 13.8. The number of carbonyl (C=O) groups is 1. The number of ether oxygens (including phenoxy) is 3.